The Bertz CT molecular complexity index is 884. The van der Waals surface area contributed by atoms with Gasteiger partial charge in [0.1, 0.15) is 0 Å². The van der Waals surface area contributed by atoms with Crippen molar-refractivity contribution in [2.75, 3.05) is 6.67 Å². The maximum Gasteiger partial charge on any atom is 0.159 e. The van der Waals surface area contributed by atoms with Crippen molar-refractivity contribution in [1.82, 2.24) is 9.97 Å². The van der Waals surface area contributed by atoms with Gasteiger partial charge in [0.25, 0.3) is 0 Å². The van der Waals surface area contributed by atoms with Gasteiger partial charge in [0.15, 0.2) is 5.82 Å². The highest BCUT2D eigenvalue weighted by Gasteiger charge is 2.05. The molecular formula is C26H29FN2. The molecule has 0 aliphatic carbocycles. The maximum atomic E-state index is 12.5. The Labute approximate surface area is 173 Å². The van der Waals surface area contributed by atoms with E-state index in [9.17, 15) is 4.39 Å². The molecule has 1 unspecified atom stereocenters. The summed E-state index contributed by atoms with van der Waals surface area (Å²) in [7, 11) is 0. The lowest BCUT2D eigenvalue weighted by molar-refractivity contribution is 0.357. The SMILES string of the molecule is C=CCc1ccc(-c2ccc(-c3ncc(CCCCC(C)CF)cn3)cc2)cc1. The summed E-state index contributed by atoms with van der Waals surface area (Å²) in [4.78, 5) is 9.07. The third kappa shape index (κ3) is 6.08. The van der Waals surface area contributed by atoms with Gasteiger partial charge in [0.05, 0.1) is 6.67 Å². The van der Waals surface area contributed by atoms with Crippen LogP contribution in [0.4, 0.5) is 4.39 Å². The van der Waals surface area contributed by atoms with Crippen LogP contribution >= 0.6 is 0 Å². The normalized spacial score (nSPS) is 11.9. The first kappa shape index (κ1) is 20.9. The molecule has 1 aromatic heterocycles. The molecule has 0 saturated heterocycles. The molecule has 2 aromatic carbocycles. The van der Waals surface area contributed by atoms with Gasteiger partial charge in [-0.15, -0.1) is 6.58 Å². The zero-order valence-corrected chi connectivity index (χ0v) is 17.2. The van der Waals surface area contributed by atoms with Crippen LogP contribution in [0, 0.1) is 5.92 Å². The fourth-order valence-corrected chi connectivity index (χ4v) is 3.34. The smallest absolute Gasteiger partial charge is 0.159 e. The van der Waals surface area contributed by atoms with Crippen LogP contribution in [0.2, 0.25) is 0 Å². The van der Waals surface area contributed by atoms with Crippen LogP contribution in [0.25, 0.3) is 22.5 Å². The van der Waals surface area contributed by atoms with Gasteiger partial charge in [0.2, 0.25) is 0 Å². The zero-order valence-electron chi connectivity index (χ0n) is 17.2. The second-order valence-corrected chi connectivity index (χ2v) is 7.69. The molecular weight excluding hydrogens is 359 g/mol. The van der Waals surface area contributed by atoms with E-state index in [1.54, 1.807) is 0 Å². The fraction of sp³-hybridized carbons (Fsp3) is 0.308. The second kappa shape index (κ2) is 10.7. The predicted molar refractivity (Wildman–Crippen MR) is 119 cm³/mol. The number of benzene rings is 2. The minimum Gasteiger partial charge on any atom is -0.251 e. The molecule has 0 spiro atoms. The summed E-state index contributed by atoms with van der Waals surface area (Å²) >= 11 is 0. The van der Waals surface area contributed by atoms with Crippen molar-refractivity contribution in [1.29, 1.82) is 0 Å². The van der Waals surface area contributed by atoms with Gasteiger partial charge < -0.3 is 0 Å². The quantitative estimate of drug-likeness (QED) is 0.280. The first-order valence-electron chi connectivity index (χ1n) is 10.4. The van der Waals surface area contributed by atoms with Crippen LogP contribution in [0.5, 0.6) is 0 Å². The minimum atomic E-state index is -0.225. The summed E-state index contributed by atoms with van der Waals surface area (Å²) in [6, 6.07) is 16.9. The zero-order chi connectivity index (χ0) is 20.5. The van der Waals surface area contributed by atoms with Crippen LogP contribution in [0.3, 0.4) is 0 Å². The van der Waals surface area contributed by atoms with Crippen molar-refractivity contribution in [3.8, 4) is 22.5 Å². The molecule has 1 heterocycles. The van der Waals surface area contributed by atoms with E-state index >= 15 is 0 Å². The first-order valence-corrected chi connectivity index (χ1v) is 10.4. The van der Waals surface area contributed by atoms with Gasteiger partial charge in [-0.2, -0.15) is 0 Å². The highest BCUT2D eigenvalue weighted by Crippen LogP contribution is 2.24. The molecule has 0 aliphatic heterocycles. The lowest BCUT2D eigenvalue weighted by atomic mass is 10.0. The molecule has 1 atom stereocenters. The van der Waals surface area contributed by atoms with Crippen LogP contribution in [0.15, 0.2) is 73.6 Å². The van der Waals surface area contributed by atoms with E-state index in [1.165, 1.54) is 16.7 Å². The average Bonchev–Trinajstić information content (AvgIpc) is 2.78. The third-order valence-electron chi connectivity index (χ3n) is 5.19. The molecule has 29 heavy (non-hydrogen) atoms. The molecule has 150 valence electrons. The Morgan fingerprint density at radius 1 is 0.862 bits per heavy atom. The molecule has 2 nitrogen and oxygen atoms in total. The van der Waals surface area contributed by atoms with Gasteiger partial charge in [0, 0.05) is 18.0 Å². The van der Waals surface area contributed by atoms with Gasteiger partial charge in [-0.3, -0.25) is 4.39 Å². The lowest BCUT2D eigenvalue weighted by Crippen LogP contribution is -1.98. The molecule has 0 fully saturated rings. The molecule has 3 aromatic rings. The highest BCUT2D eigenvalue weighted by atomic mass is 19.1. The standard InChI is InChI=1S/C26H29FN2/c1-3-6-21-9-11-23(12-10-21)24-13-15-25(16-14-24)26-28-18-22(19-29-26)8-5-4-7-20(2)17-27/h3,9-16,18-20H,1,4-8,17H2,2H3. The Morgan fingerprint density at radius 3 is 2.03 bits per heavy atom. The van der Waals surface area contributed by atoms with E-state index in [0.717, 1.165) is 49.1 Å². The summed E-state index contributed by atoms with van der Waals surface area (Å²) in [5.74, 6) is 0.911. The Kier molecular flexibility index (Phi) is 7.69. The van der Waals surface area contributed by atoms with Crippen LogP contribution in [-0.4, -0.2) is 16.6 Å². The summed E-state index contributed by atoms with van der Waals surface area (Å²) in [5, 5.41) is 0. The molecule has 0 aliphatic rings. The maximum absolute atomic E-state index is 12.5. The van der Waals surface area contributed by atoms with Crippen molar-refractivity contribution in [2.45, 2.75) is 39.0 Å². The van der Waals surface area contributed by atoms with Crippen molar-refractivity contribution < 1.29 is 4.39 Å². The van der Waals surface area contributed by atoms with Crippen LogP contribution in [-0.2, 0) is 12.8 Å². The van der Waals surface area contributed by atoms with E-state index < -0.39 is 0 Å². The first-order chi connectivity index (χ1) is 14.2. The minimum absolute atomic E-state index is 0.168. The van der Waals surface area contributed by atoms with E-state index in [2.05, 4.69) is 65.1 Å². The molecule has 0 saturated carbocycles. The Morgan fingerprint density at radius 2 is 1.45 bits per heavy atom. The lowest BCUT2D eigenvalue weighted by Gasteiger charge is -2.07. The van der Waals surface area contributed by atoms with Crippen molar-refractivity contribution in [3.05, 3.63) is 84.7 Å². The molecule has 3 heteroatoms. The monoisotopic (exact) mass is 388 g/mol. The molecule has 0 amide bonds. The number of halogens is 1. The highest BCUT2D eigenvalue weighted by molar-refractivity contribution is 5.67. The van der Waals surface area contributed by atoms with Gasteiger partial charge in [-0.05, 0) is 53.9 Å². The summed E-state index contributed by atoms with van der Waals surface area (Å²) in [5.41, 5.74) is 5.80. The molecule has 0 radical (unpaired) electrons. The largest absolute Gasteiger partial charge is 0.251 e. The van der Waals surface area contributed by atoms with E-state index in [0.29, 0.717) is 0 Å². The van der Waals surface area contributed by atoms with Crippen LogP contribution in [0.1, 0.15) is 37.3 Å². The van der Waals surface area contributed by atoms with Gasteiger partial charge in [-0.1, -0.05) is 68.0 Å². The summed E-state index contributed by atoms with van der Waals surface area (Å²) < 4.78 is 12.5. The van der Waals surface area contributed by atoms with Crippen LogP contribution < -0.4 is 0 Å². The third-order valence-corrected chi connectivity index (χ3v) is 5.19. The predicted octanol–water partition coefficient (Wildman–Crippen LogP) is 6.86. The molecule has 3 rings (SSSR count). The number of nitrogens with zero attached hydrogens (tertiary/aromatic N) is 2. The number of rotatable bonds is 10. The van der Waals surface area contributed by atoms with E-state index in [4.69, 9.17) is 0 Å². The Balaban J connectivity index is 1.58. The second-order valence-electron chi connectivity index (χ2n) is 7.69. The topological polar surface area (TPSA) is 25.8 Å². The number of allylic oxidation sites excluding steroid dienone is 1. The summed E-state index contributed by atoms with van der Waals surface area (Å²) in [6.07, 6.45) is 10.6. The van der Waals surface area contributed by atoms with Crippen molar-refractivity contribution >= 4 is 0 Å². The van der Waals surface area contributed by atoms with E-state index in [-0.39, 0.29) is 12.6 Å². The van der Waals surface area contributed by atoms with Crippen molar-refractivity contribution in [2.24, 2.45) is 5.92 Å². The molecule has 0 bridgehead atoms. The summed E-state index contributed by atoms with van der Waals surface area (Å²) in [6.45, 7) is 5.52. The van der Waals surface area contributed by atoms with Gasteiger partial charge in [-0.25, -0.2) is 9.97 Å². The number of alkyl halides is 1. The molecule has 0 N–H and O–H groups in total. The number of hydrogen-bond donors (Lipinski definition) is 0. The number of aromatic nitrogens is 2. The van der Waals surface area contributed by atoms with E-state index in [1.807, 2.05) is 25.4 Å². The fourth-order valence-electron chi connectivity index (χ4n) is 3.34. The van der Waals surface area contributed by atoms with Crippen molar-refractivity contribution in [3.63, 3.8) is 0 Å². The Hall–Kier alpha value is -2.81. The number of unbranched alkanes of at least 4 members (excludes halogenated alkanes) is 1. The number of hydrogen-bond acceptors (Lipinski definition) is 2. The van der Waals surface area contributed by atoms with Gasteiger partial charge >= 0.3 is 0 Å². The number of aryl methyl sites for hydroxylation is 1. The average molecular weight is 389 g/mol.